The number of hydrogen-bond donors (Lipinski definition) is 1. The van der Waals surface area contributed by atoms with Gasteiger partial charge in [0.2, 0.25) is 0 Å². The van der Waals surface area contributed by atoms with Crippen LogP contribution >= 0.6 is 11.8 Å². The lowest BCUT2D eigenvalue weighted by Gasteiger charge is -2.17. The molecule has 1 aliphatic heterocycles. The number of benzene rings is 1. The van der Waals surface area contributed by atoms with Gasteiger partial charge in [0.1, 0.15) is 0 Å². The van der Waals surface area contributed by atoms with Crippen molar-refractivity contribution >= 4 is 11.8 Å². The van der Waals surface area contributed by atoms with Crippen molar-refractivity contribution in [3.8, 4) is 0 Å². The first-order chi connectivity index (χ1) is 7.75. The van der Waals surface area contributed by atoms with Crippen molar-refractivity contribution in [3.05, 3.63) is 35.4 Å². The Kier molecular flexibility index (Phi) is 4.30. The molecule has 0 spiro atoms. The molecular formula is C14H21NS. The van der Waals surface area contributed by atoms with E-state index in [9.17, 15) is 0 Å². The maximum atomic E-state index is 3.68. The molecule has 1 nitrogen and oxygen atoms in total. The van der Waals surface area contributed by atoms with Gasteiger partial charge in [-0.25, -0.2) is 0 Å². The Morgan fingerprint density at radius 1 is 1.50 bits per heavy atom. The zero-order chi connectivity index (χ0) is 11.4. The van der Waals surface area contributed by atoms with Gasteiger partial charge in [-0.1, -0.05) is 36.8 Å². The standard InChI is InChI=1S/C14H21NS/c1-11-4-3-5-13(8-11)12(2)9-15-14-6-7-16-10-14/h3-5,8,12,14-15H,6-7,9-10H2,1-2H3. The molecule has 0 saturated carbocycles. The normalized spacial score (nSPS) is 22.2. The highest BCUT2D eigenvalue weighted by atomic mass is 32.2. The minimum absolute atomic E-state index is 0.616. The predicted molar refractivity (Wildman–Crippen MR) is 73.3 cm³/mol. The third-order valence-electron chi connectivity index (χ3n) is 3.25. The Morgan fingerprint density at radius 2 is 2.38 bits per heavy atom. The summed E-state index contributed by atoms with van der Waals surface area (Å²) in [6.07, 6.45) is 1.34. The van der Waals surface area contributed by atoms with Crippen LogP contribution in [0.3, 0.4) is 0 Å². The molecule has 1 fully saturated rings. The van der Waals surface area contributed by atoms with Crippen LogP contribution in [0.1, 0.15) is 30.4 Å². The highest BCUT2D eigenvalue weighted by Gasteiger charge is 2.15. The molecule has 88 valence electrons. The van der Waals surface area contributed by atoms with Crippen LogP contribution < -0.4 is 5.32 Å². The summed E-state index contributed by atoms with van der Waals surface area (Å²) >= 11 is 2.07. The largest absolute Gasteiger partial charge is 0.313 e. The predicted octanol–water partition coefficient (Wildman–Crippen LogP) is 3.19. The van der Waals surface area contributed by atoms with Gasteiger partial charge in [0.25, 0.3) is 0 Å². The van der Waals surface area contributed by atoms with Crippen LogP contribution in [0.25, 0.3) is 0 Å². The molecular weight excluding hydrogens is 214 g/mol. The third-order valence-corrected chi connectivity index (χ3v) is 4.42. The summed E-state index contributed by atoms with van der Waals surface area (Å²) in [5, 5.41) is 3.68. The van der Waals surface area contributed by atoms with Gasteiger partial charge in [0.15, 0.2) is 0 Å². The van der Waals surface area contributed by atoms with E-state index in [1.165, 1.54) is 29.1 Å². The summed E-state index contributed by atoms with van der Waals surface area (Å²) in [5.74, 6) is 3.24. The van der Waals surface area contributed by atoms with Crippen LogP contribution in [0, 0.1) is 6.92 Å². The van der Waals surface area contributed by atoms with Crippen molar-refractivity contribution in [1.29, 1.82) is 0 Å². The first-order valence-electron chi connectivity index (χ1n) is 6.13. The number of nitrogens with one attached hydrogen (secondary N) is 1. The van der Waals surface area contributed by atoms with Crippen molar-refractivity contribution < 1.29 is 0 Å². The SMILES string of the molecule is Cc1cccc(C(C)CNC2CCSC2)c1. The van der Waals surface area contributed by atoms with Crippen molar-refractivity contribution in [1.82, 2.24) is 5.32 Å². The van der Waals surface area contributed by atoms with Crippen LogP contribution in [-0.4, -0.2) is 24.1 Å². The second-order valence-electron chi connectivity index (χ2n) is 4.78. The van der Waals surface area contributed by atoms with E-state index in [4.69, 9.17) is 0 Å². The summed E-state index contributed by atoms with van der Waals surface area (Å²) in [6.45, 7) is 5.58. The first kappa shape index (κ1) is 12.0. The van der Waals surface area contributed by atoms with E-state index in [0.29, 0.717) is 5.92 Å². The maximum Gasteiger partial charge on any atom is 0.0166 e. The van der Waals surface area contributed by atoms with Crippen molar-refractivity contribution in [2.75, 3.05) is 18.1 Å². The molecule has 16 heavy (non-hydrogen) atoms. The van der Waals surface area contributed by atoms with Crippen molar-refractivity contribution in [3.63, 3.8) is 0 Å². The van der Waals surface area contributed by atoms with Gasteiger partial charge in [-0.3, -0.25) is 0 Å². The van der Waals surface area contributed by atoms with E-state index < -0.39 is 0 Å². The lowest BCUT2D eigenvalue weighted by Crippen LogP contribution is -2.31. The van der Waals surface area contributed by atoms with Gasteiger partial charge < -0.3 is 5.32 Å². The molecule has 1 aromatic rings. The van der Waals surface area contributed by atoms with E-state index >= 15 is 0 Å². The van der Waals surface area contributed by atoms with Crippen LogP contribution in [0.2, 0.25) is 0 Å². The Labute approximate surface area is 103 Å². The topological polar surface area (TPSA) is 12.0 Å². The molecule has 1 aromatic carbocycles. The first-order valence-corrected chi connectivity index (χ1v) is 7.29. The van der Waals surface area contributed by atoms with Crippen LogP contribution in [-0.2, 0) is 0 Å². The monoisotopic (exact) mass is 235 g/mol. The van der Waals surface area contributed by atoms with Crippen molar-refractivity contribution in [2.45, 2.75) is 32.2 Å². The fourth-order valence-electron chi connectivity index (χ4n) is 2.13. The molecule has 0 radical (unpaired) electrons. The summed E-state index contributed by atoms with van der Waals surface area (Å²) in [4.78, 5) is 0. The Bertz CT molecular complexity index is 331. The number of hydrogen-bond acceptors (Lipinski definition) is 2. The van der Waals surface area contributed by atoms with E-state index in [1.807, 2.05) is 0 Å². The Morgan fingerprint density at radius 3 is 3.06 bits per heavy atom. The van der Waals surface area contributed by atoms with E-state index in [0.717, 1.165) is 12.6 Å². The molecule has 0 amide bonds. The minimum Gasteiger partial charge on any atom is -0.313 e. The third kappa shape index (κ3) is 3.26. The summed E-state index contributed by atoms with van der Waals surface area (Å²) < 4.78 is 0. The molecule has 1 aliphatic rings. The minimum atomic E-state index is 0.616. The van der Waals surface area contributed by atoms with Crippen LogP contribution in [0.4, 0.5) is 0 Å². The molecule has 2 rings (SSSR count). The number of thioether (sulfide) groups is 1. The summed E-state index contributed by atoms with van der Waals surface area (Å²) in [5.41, 5.74) is 2.82. The summed E-state index contributed by atoms with van der Waals surface area (Å²) in [7, 11) is 0. The second-order valence-corrected chi connectivity index (χ2v) is 5.93. The molecule has 1 N–H and O–H groups in total. The molecule has 0 aromatic heterocycles. The summed E-state index contributed by atoms with van der Waals surface area (Å²) in [6, 6.07) is 9.61. The molecule has 1 heterocycles. The van der Waals surface area contributed by atoms with Gasteiger partial charge in [-0.15, -0.1) is 0 Å². The van der Waals surface area contributed by atoms with E-state index in [2.05, 4.69) is 55.2 Å². The lowest BCUT2D eigenvalue weighted by molar-refractivity contribution is 0.526. The fourth-order valence-corrected chi connectivity index (χ4v) is 3.32. The molecule has 1 saturated heterocycles. The fraction of sp³-hybridized carbons (Fsp3) is 0.571. The Hall–Kier alpha value is -0.470. The van der Waals surface area contributed by atoms with E-state index in [1.54, 1.807) is 0 Å². The van der Waals surface area contributed by atoms with Gasteiger partial charge in [0, 0.05) is 18.3 Å². The number of rotatable bonds is 4. The molecule has 2 heteroatoms. The highest BCUT2D eigenvalue weighted by Crippen LogP contribution is 2.19. The zero-order valence-corrected chi connectivity index (χ0v) is 11.0. The Balaban J connectivity index is 1.85. The molecule has 2 atom stereocenters. The van der Waals surface area contributed by atoms with Crippen LogP contribution in [0.15, 0.2) is 24.3 Å². The van der Waals surface area contributed by atoms with Gasteiger partial charge in [-0.2, -0.15) is 11.8 Å². The van der Waals surface area contributed by atoms with Crippen LogP contribution in [0.5, 0.6) is 0 Å². The molecule has 0 bridgehead atoms. The lowest BCUT2D eigenvalue weighted by atomic mass is 9.99. The quantitative estimate of drug-likeness (QED) is 0.860. The number of aryl methyl sites for hydroxylation is 1. The smallest absolute Gasteiger partial charge is 0.0166 e. The van der Waals surface area contributed by atoms with Crippen molar-refractivity contribution in [2.24, 2.45) is 0 Å². The van der Waals surface area contributed by atoms with Gasteiger partial charge >= 0.3 is 0 Å². The van der Waals surface area contributed by atoms with Gasteiger partial charge in [-0.05, 0) is 30.6 Å². The average molecular weight is 235 g/mol. The second kappa shape index (κ2) is 5.74. The maximum absolute atomic E-state index is 3.68. The van der Waals surface area contributed by atoms with Gasteiger partial charge in [0.05, 0.1) is 0 Å². The van der Waals surface area contributed by atoms with E-state index in [-0.39, 0.29) is 0 Å². The zero-order valence-electron chi connectivity index (χ0n) is 10.2. The average Bonchev–Trinajstić information content (AvgIpc) is 2.78. The molecule has 0 aliphatic carbocycles. The highest BCUT2D eigenvalue weighted by molar-refractivity contribution is 7.99. The molecule has 2 unspecified atom stereocenters.